The number of carboxylic acids is 1. The lowest BCUT2D eigenvalue weighted by Gasteiger charge is -2.13. The molecule has 4 heteroatoms. The minimum absolute atomic E-state index is 0.137. The average molecular weight is 147 g/mol. The van der Waals surface area contributed by atoms with Crippen LogP contribution in [0, 0.1) is 5.92 Å². The van der Waals surface area contributed by atoms with Crippen LogP contribution in [0.1, 0.15) is 6.92 Å². The van der Waals surface area contributed by atoms with Gasteiger partial charge in [-0.05, 0) is 0 Å². The smallest absolute Gasteiger partial charge is 0.320 e. The highest BCUT2D eigenvalue weighted by Gasteiger charge is 2.18. The lowest BCUT2D eigenvalue weighted by atomic mass is 10.1. The van der Waals surface area contributed by atoms with E-state index in [0.717, 1.165) is 0 Å². The number of methoxy groups -OCH3 is 1. The van der Waals surface area contributed by atoms with Crippen LogP contribution in [0.25, 0.3) is 0 Å². The minimum Gasteiger partial charge on any atom is -0.480 e. The van der Waals surface area contributed by atoms with Crippen LogP contribution < -0.4 is 5.73 Å². The summed E-state index contributed by atoms with van der Waals surface area (Å²) in [5.74, 6) is -1.12. The maximum atomic E-state index is 10.2. The first-order chi connectivity index (χ1) is 4.59. The first-order valence-electron chi connectivity index (χ1n) is 3.07. The Morgan fingerprint density at radius 1 is 1.80 bits per heavy atom. The van der Waals surface area contributed by atoms with Gasteiger partial charge in [0.2, 0.25) is 0 Å². The number of carbonyl (C=O) groups is 1. The molecule has 10 heavy (non-hydrogen) atoms. The topological polar surface area (TPSA) is 72.5 Å². The van der Waals surface area contributed by atoms with Crippen LogP contribution in [-0.4, -0.2) is 30.8 Å². The van der Waals surface area contributed by atoms with Crippen molar-refractivity contribution < 1.29 is 14.6 Å². The van der Waals surface area contributed by atoms with Gasteiger partial charge in [0.05, 0.1) is 6.61 Å². The van der Waals surface area contributed by atoms with Gasteiger partial charge < -0.3 is 15.6 Å². The molecular weight excluding hydrogens is 134 g/mol. The van der Waals surface area contributed by atoms with E-state index in [1.807, 2.05) is 0 Å². The predicted octanol–water partition coefficient (Wildman–Crippen LogP) is -0.319. The fourth-order valence-corrected chi connectivity index (χ4v) is 0.610. The molecule has 0 aromatic heterocycles. The number of aliphatic carboxylic acids is 1. The average Bonchev–Trinajstić information content (AvgIpc) is 1.87. The Morgan fingerprint density at radius 2 is 2.30 bits per heavy atom. The van der Waals surface area contributed by atoms with Gasteiger partial charge >= 0.3 is 5.97 Å². The van der Waals surface area contributed by atoms with Crippen molar-refractivity contribution >= 4 is 5.97 Å². The van der Waals surface area contributed by atoms with E-state index < -0.39 is 12.0 Å². The summed E-state index contributed by atoms with van der Waals surface area (Å²) in [7, 11) is 1.52. The second-order valence-corrected chi connectivity index (χ2v) is 2.30. The third-order valence-electron chi connectivity index (χ3n) is 1.33. The molecule has 0 aromatic rings. The zero-order valence-corrected chi connectivity index (χ0v) is 6.20. The molecule has 0 aliphatic rings. The summed E-state index contributed by atoms with van der Waals surface area (Å²) >= 11 is 0. The van der Waals surface area contributed by atoms with Crippen molar-refractivity contribution in [1.29, 1.82) is 0 Å². The Kier molecular flexibility index (Phi) is 3.99. The van der Waals surface area contributed by atoms with Gasteiger partial charge in [-0.1, -0.05) is 6.92 Å². The van der Waals surface area contributed by atoms with E-state index in [4.69, 9.17) is 15.6 Å². The fraction of sp³-hybridized carbons (Fsp3) is 0.833. The highest BCUT2D eigenvalue weighted by Crippen LogP contribution is 1.99. The van der Waals surface area contributed by atoms with E-state index in [0.29, 0.717) is 6.61 Å². The maximum absolute atomic E-state index is 10.2. The molecule has 0 unspecified atom stereocenters. The predicted molar refractivity (Wildman–Crippen MR) is 36.7 cm³/mol. The second-order valence-electron chi connectivity index (χ2n) is 2.30. The molecule has 0 bridgehead atoms. The van der Waals surface area contributed by atoms with Gasteiger partial charge in [0.15, 0.2) is 0 Å². The molecule has 2 atom stereocenters. The van der Waals surface area contributed by atoms with Gasteiger partial charge in [-0.2, -0.15) is 0 Å². The Morgan fingerprint density at radius 3 is 2.60 bits per heavy atom. The third kappa shape index (κ3) is 2.80. The molecule has 0 amide bonds. The van der Waals surface area contributed by atoms with E-state index in [9.17, 15) is 4.79 Å². The molecule has 3 N–H and O–H groups in total. The summed E-state index contributed by atoms with van der Waals surface area (Å²) in [6.07, 6.45) is 0. The van der Waals surface area contributed by atoms with Gasteiger partial charge in [0.25, 0.3) is 0 Å². The molecule has 0 radical (unpaired) electrons. The molecule has 0 aliphatic heterocycles. The van der Waals surface area contributed by atoms with Crippen molar-refractivity contribution in [3.8, 4) is 0 Å². The number of ether oxygens (including phenoxy) is 1. The van der Waals surface area contributed by atoms with E-state index in [1.165, 1.54) is 7.11 Å². The first-order valence-corrected chi connectivity index (χ1v) is 3.07. The summed E-state index contributed by atoms with van der Waals surface area (Å²) in [4.78, 5) is 10.2. The van der Waals surface area contributed by atoms with Crippen molar-refractivity contribution in [2.75, 3.05) is 13.7 Å². The molecule has 4 nitrogen and oxygen atoms in total. The molecular formula is C6H13NO3. The van der Waals surface area contributed by atoms with Gasteiger partial charge in [0.1, 0.15) is 6.04 Å². The van der Waals surface area contributed by atoms with Crippen LogP contribution in [0.2, 0.25) is 0 Å². The van der Waals surface area contributed by atoms with Crippen LogP contribution in [0.4, 0.5) is 0 Å². The number of hydrogen-bond acceptors (Lipinski definition) is 3. The summed E-state index contributed by atoms with van der Waals surface area (Å²) in [5, 5.41) is 8.40. The van der Waals surface area contributed by atoms with Crippen molar-refractivity contribution in [2.45, 2.75) is 13.0 Å². The maximum Gasteiger partial charge on any atom is 0.320 e. The standard InChI is InChI=1S/C6H13NO3/c1-4(3-10-2)5(7)6(8)9/h4-5H,3,7H2,1-2H3,(H,8,9)/t4-,5-/m0/s1. The van der Waals surface area contributed by atoms with E-state index in [1.54, 1.807) is 6.92 Å². The zero-order chi connectivity index (χ0) is 8.15. The number of nitrogens with two attached hydrogens (primary N) is 1. The van der Waals surface area contributed by atoms with Crippen molar-refractivity contribution in [3.05, 3.63) is 0 Å². The molecule has 0 saturated heterocycles. The summed E-state index contributed by atoms with van der Waals surface area (Å²) in [5.41, 5.74) is 5.27. The van der Waals surface area contributed by atoms with Gasteiger partial charge in [-0.15, -0.1) is 0 Å². The monoisotopic (exact) mass is 147 g/mol. The van der Waals surface area contributed by atoms with Crippen LogP contribution in [0.5, 0.6) is 0 Å². The van der Waals surface area contributed by atoms with Crippen molar-refractivity contribution in [2.24, 2.45) is 11.7 Å². The summed E-state index contributed by atoms with van der Waals surface area (Å²) in [6, 6.07) is -0.819. The Bertz CT molecular complexity index is 116. The fourth-order valence-electron chi connectivity index (χ4n) is 0.610. The lowest BCUT2D eigenvalue weighted by molar-refractivity contribution is -0.140. The quantitative estimate of drug-likeness (QED) is 0.571. The van der Waals surface area contributed by atoms with E-state index >= 15 is 0 Å². The van der Waals surface area contributed by atoms with E-state index in [-0.39, 0.29) is 5.92 Å². The number of rotatable bonds is 4. The summed E-state index contributed by atoms with van der Waals surface area (Å²) in [6.45, 7) is 2.12. The van der Waals surface area contributed by atoms with Crippen LogP contribution >= 0.6 is 0 Å². The number of hydrogen-bond donors (Lipinski definition) is 2. The van der Waals surface area contributed by atoms with Gasteiger partial charge in [-0.3, -0.25) is 4.79 Å². The highest BCUT2D eigenvalue weighted by molar-refractivity contribution is 5.73. The largest absolute Gasteiger partial charge is 0.480 e. The van der Waals surface area contributed by atoms with Crippen molar-refractivity contribution in [3.63, 3.8) is 0 Å². The minimum atomic E-state index is -0.982. The zero-order valence-electron chi connectivity index (χ0n) is 6.20. The lowest BCUT2D eigenvalue weighted by Crippen LogP contribution is -2.38. The highest BCUT2D eigenvalue weighted by atomic mass is 16.5. The SMILES string of the molecule is COC[C@H](C)[C@H](N)C(=O)O. The Balaban J connectivity index is 3.69. The molecule has 0 aliphatic carbocycles. The molecule has 0 heterocycles. The number of carboxylic acid groups (broad SMARTS) is 1. The molecule has 0 saturated carbocycles. The molecule has 0 fully saturated rings. The molecule has 0 rings (SSSR count). The van der Waals surface area contributed by atoms with Crippen LogP contribution in [0.15, 0.2) is 0 Å². The van der Waals surface area contributed by atoms with Crippen molar-refractivity contribution in [1.82, 2.24) is 0 Å². The van der Waals surface area contributed by atoms with E-state index in [2.05, 4.69) is 0 Å². The second kappa shape index (κ2) is 4.24. The Hall–Kier alpha value is -0.610. The Labute approximate surface area is 60.0 Å². The van der Waals surface area contributed by atoms with Crippen LogP contribution in [0.3, 0.4) is 0 Å². The summed E-state index contributed by atoms with van der Waals surface area (Å²) < 4.78 is 4.73. The third-order valence-corrected chi connectivity index (χ3v) is 1.33. The first kappa shape index (κ1) is 9.39. The van der Waals surface area contributed by atoms with Gasteiger partial charge in [0, 0.05) is 13.0 Å². The molecule has 60 valence electrons. The van der Waals surface area contributed by atoms with Crippen LogP contribution in [-0.2, 0) is 9.53 Å². The van der Waals surface area contributed by atoms with Gasteiger partial charge in [-0.25, -0.2) is 0 Å². The molecule has 0 aromatic carbocycles. The molecule has 0 spiro atoms. The normalized spacial score (nSPS) is 16.3.